The number of hydrogen-bond acceptors (Lipinski definition) is 3. The second kappa shape index (κ2) is 5.98. The molecule has 0 aliphatic carbocycles. The summed E-state index contributed by atoms with van der Waals surface area (Å²) in [6.45, 7) is 2.79. The molecule has 1 fully saturated rings. The van der Waals surface area contributed by atoms with Gasteiger partial charge >= 0.3 is 0 Å². The fourth-order valence-electron chi connectivity index (χ4n) is 2.17. The number of carbonyl (C=O) groups is 1. The number of likely N-dealkylation sites (N-methyl/N-ethyl adjacent to an activating group) is 1. The van der Waals surface area contributed by atoms with Crippen molar-refractivity contribution in [3.05, 3.63) is 35.9 Å². The van der Waals surface area contributed by atoms with Crippen LogP contribution in [0.15, 0.2) is 30.3 Å². The zero-order valence-electron chi connectivity index (χ0n) is 11.0. The molecule has 0 N–H and O–H groups in total. The van der Waals surface area contributed by atoms with E-state index in [1.165, 1.54) is 5.56 Å². The molecule has 2 rings (SSSR count). The highest BCUT2D eigenvalue weighted by molar-refractivity contribution is 5.81. The van der Waals surface area contributed by atoms with Crippen molar-refractivity contribution in [1.29, 1.82) is 0 Å². The Hall–Kier alpha value is -1.39. The summed E-state index contributed by atoms with van der Waals surface area (Å²) in [6.07, 6.45) is 0. The van der Waals surface area contributed by atoms with Gasteiger partial charge in [-0.05, 0) is 5.56 Å². The zero-order valence-corrected chi connectivity index (χ0v) is 11.0. The van der Waals surface area contributed by atoms with Crippen LogP contribution < -0.4 is 0 Å². The second-order valence-electron chi connectivity index (χ2n) is 4.78. The highest BCUT2D eigenvalue weighted by Crippen LogP contribution is 2.13. The third kappa shape index (κ3) is 3.09. The van der Waals surface area contributed by atoms with Crippen molar-refractivity contribution in [2.75, 3.05) is 33.9 Å². The molecule has 4 nitrogen and oxygen atoms in total. The molecule has 0 aromatic heterocycles. The Bertz CT molecular complexity index is 392. The lowest BCUT2D eigenvalue weighted by Gasteiger charge is -2.35. The maximum Gasteiger partial charge on any atom is 0.241 e. The quantitative estimate of drug-likeness (QED) is 0.799. The van der Waals surface area contributed by atoms with Gasteiger partial charge in [0, 0.05) is 27.2 Å². The van der Waals surface area contributed by atoms with Gasteiger partial charge < -0.3 is 9.64 Å². The van der Waals surface area contributed by atoms with Crippen LogP contribution in [0.5, 0.6) is 0 Å². The number of nitrogens with zero attached hydrogens (tertiary/aromatic N) is 2. The average molecular weight is 248 g/mol. The van der Waals surface area contributed by atoms with Crippen molar-refractivity contribution >= 4 is 5.91 Å². The minimum absolute atomic E-state index is 0.116. The first-order valence-electron chi connectivity index (χ1n) is 6.25. The molecule has 1 aromatic carbocycles. The molecular formula is C14H20N2O2. The van der Waals surface area contributed by atoms with Gasteiger partial charge in [-0.25, -0.2) is 0 Å². The van der Waals surface area contributed by atoms with E-state index in [4.69, 9.17) is 4.74 Å². The van der Waals surface area contributed by atoms with Crippen LogP contribution in [0.4, 0.5) is 0 Å². The molecule has 0 radical (unpaired) electrons. The van der Waals surface area contributed by atoms with Crippen molar-refractivity contribution in [2.45, 2.75) is 12.6 Å². The summed E-state index contributed by atoms with van der Waals surface area (Å²) in [5, 5.41) is 0. The fourth-order valence-corrected chi connectivity index (χ4v) is 2.17. The maximum atomic E-state index is 12.1. The molecule has 0 saturated carbocycles. The minimum Gasteiger partial charge on any atom is -0.378 e. The zero-order chi connectivity index (χ0) is 13.0. The molecule has 0 unspecified atom stereocenters. The van der Waals surface area contributed by atoms with E-state index in [1.807, 2.05) is 18.2 Å². The van der Waals surface area contributed by atoms with Gasteiger partial charge in [-0.3, -0.25) is 9.69 Å². The molecule has 1 aliphatic rings. The van der Waals surface area contributed by atoms with E-state index in [9.17, 15) is 4.79 Å². The molecule has 1 atom stereocenters. The molecule has 1 amide bonds. The normalized spacial score (nSPS) is 20.7. The SMILES string of the molecule is CN(C)C(=O)[C@@H]1COCCN1Cc1ccccc1. The molecular weight excluding hydrogens is 228 g/mol. The van der Waals surface area contributed by atoms with Crippen molar-refractivity contribution in [3.63, 3.8) is 0 Å². The highest BCUT2D eigenvalue weighted by Gasteiger charge is 2.30. The lowest BCUT2D eigenvalue weighted by molar-refractivity contribution is -0.141. The van der Waals surface area contributed by atoms with Gasteiger partial charge in [0.15, 0.2) is 0 Å². The third-order valence-corrected chi connectivity index (χ3v) is 3.19. The summed E-state index contributed by atoms with van der Waals surface area (Å²) < 4.78 is 5.43. The lowest BCUT2D eigenvalue weighted by atomic mass is 10.1. The van der Waals surface area contributed by atoms with E-state index in [0.29, 0.717) is 13.2 Å². The summed E-state index contributed by atoms with van der Waals surface area (Å²) in [7, 11) is 3.58. The van der Waals surface area contributed by atoms with Crippen LogP contribution in [0.25, 0.3) is 0 Å². The molecule has 1 aromatic rings. The first-order chi connectivity index (χ1) is 8.68. The van der Waals surface area contributed by atoms with Crippen LogP contribution >= 0.6 is 0 Å². The number of ether oxygens (including phenoxy) is 1. The summed E-state index contributed by atoms with van der Waals surface area (Å²) >= 11 is 0. The number of morpholine rings is 1. The Labute approximate surface area is 108 Å². The smallest absolute Gasteiger partial charge is 0.241 e. The van der Waals surface area contributed by atoms with Crippen LogP contribution in [-0.2, 0) is 16.1 Å². The van der Waals surface area contributed by atoms with Crippen LogP contribution in [0.3, 0.4) is 0 Å². The Morgan fingerprint density at radius 1 is 1.39 bits per heavy atom. The van der Waals surface area contributed by atoms with Gasteiger partial charge in [-0.15, -0.1) is 0 Å². The van der Waals surface area contributed by atoms with E-state index >= 15 is 0 Å². The number of carbonyl (C=O) groups excluding carboxylic acids is 1. The molecule has 1 aliphatic heterocycles. The van der Waals surface area contributed by atoms with Crippen LogP contribution in [0, 0.1) is 0 Å². The molecule has 1 saturated heterocycles. The van der Waals surface area contributed by atoms with Crippen molar-refractivity contribution in [1.82, 2.24) is 9.80 Å². The Balaban J connectivity index is 2.06. The van der Waals surface area contributed by atoms with Crippen molar-refractivity contribution in [3.8, 4) is 0 Å². The summed E-state index contributed by atoms with van der Waals surface area (Å²) in [5.41, 5.74) is 1.23. The average Bonchev–Trinajstić information content (AvgIpc) is 2.39. The van der Waals surface area contributed by atoms with Gasteiger partial charge in [-0.1, -0.05) is 30.3 Å². The van der Waals surface area contributed by atoms with E-state index in [2.05, 4.69) is 17.0 Å². The number of amides is 1. The topological polar surface area (TPSA) is 32.8 Å². The predicted molar refractivity (Wildman–Crippen MR) is 70.2 cm³/mol. The number of benzene rings is 1. The van der Waals surface area contributed by atoms with Gasteiger partial charge in [0.2, 0.25) is 5.91 Å². The largest absolute Gasteiger partial charge is 0.378 e. The second-order valence-corrected chi connectivity index (χ2v) is 4.78. The van der Waals surface area contributed by atoms with Crippen LogP contribution in [0.1, 0.15) is 5.56 Å². The first-order valence-corrected chi connectivity index (χ1v) is 6.25. The number of hydrogen-bond donors (Lipinski definition) is 0. The van der Waals surface area contributed by atoms with E-state index in [0.717, 1.165) is 13.1 Å². The standard InChI is InChI=1S/C14H20N2O2/c1-15(2)14(17)13-11-18-9-8-16(13)10-12-6-4-3-5-7-12/h3-7,13H,8-11H2,1-2H3/t13-/m0/s1. The van der Waals surface area contributed by atoms with Gasteiger partial charge in [0.1, 0.15) is 6.04 Å². The van der Waals surface area contributed by atoms with E-state index in [-0.39, 0.29) is 11.9 Å². The first kappa shape index (κ1) is 13.1. The van der Waals surface area contributed by atoms with Crippen LogP contribution in [-0.4, -0.2) is 55.6 Å². The van der Waals surface area contributed by atoms with Gasteiger partial charge in [0.25, 0.3) is 0 Å². The lowest BCUT2D eigenvalue weighted by Crippen LogP contribution is -2.52. The summed E-state index contributed by atoms with van der Waals surface area (Å²) in [5.74, 6) is 0.116. The predicted octanol–water partition coefficient (Wildman–Crippen LogP) is 0.976. The van der Waals surface area contributed by atoms with E-state index < -0.39 is 0 Å². The summed E-state index contributed by atoms with van der Waals surface area (Å²) in [4.78, 5) is 15.9. The van der Waals surface area contributed by atoms with Crippen LogP contribution in [0.2, 0.25) is 0 Å². The Kier molecular flexibility index (Phi) is 4.33. The molecule has 18 heavy (non-hydrogen) atoms. The molecule has 0 spiro atoms. The molecule has 98 valence electrons. The fraction of sp³-hybridized carbons (Fsp3) is 0.500. The third-order valence-electron chi connectivity index (χ3n) is 3.19. The van der Waals surface area contributed by atoms with Crippen molar-refractivity contribution in [2.24, 2.45) is 0 Å². The Morgan fingerprint density at radius 2 is 2.11 bits per heavy atom. The molecule has 4 heteroatoms. The summed E-state index contributed by atoms with van der Waals surface area (Å²) in [6, 6.07) is 10.1. The molecule has 0 bridgehead atoms. The van der Waals surface area contributed by atoms with Gasteiger partial charge in [-0.2, -0.15) is 0 Å². The van der Waals surface area contributed by atoms with Crippen molar-refractivity contribution < 1.29 is 9.53 Å². The number of rotatable bonds is 3. The van der Waals surface area contributed by atoms with E-state index in [1.54, 1.807) is 19.0 Å². The monoisotopic (exact) mass is 248 g/mol. The maximum absolute atomic E-state index is 12.1. The van der Waals surface area contributed by atoms with Gasteiger partial charge in [0.05, 0.1) is 13.2 Å². The Morgan fingerprint density at radius 3 is 2.78 bits per heavy atom. The highest BCUT2D eigenvalue weighted by atomic mass is 16.5. The molecule has 1 heterocycles. The minimum atomic E-state index is -0.158.